The van der Waals surface area contributed by atoms with E-state index >= 15 is 0 Å². The van der Waals surface area contributed by atoms with E-state index in [1.54, 1.807) is 4.90 Å². The number of fused-ring (bicyclic) bond motifs is 1. The third-order valence-electron chi connectivity index (χ3n) is 4.53. The number of rotatable bonds is 2. The number of carbonyl (C=O) groups is 1. The predicted octanol–water partition coefficient (Wildman–Crippen LogP) is 3.67. The number of carbonyl (C=O) groups excluding carboxylic acids is 1. The second-order valence-electron chi connectivity index (χ2n) is 5.46. The number of amides is 1. The molecular weight excluding hydrogens is 246 g/mol. The molecule has 2 heteroatoms. The molecule has 102 valence electrons. The Morgan fingerprint density at radius 1 is 1.00 bits per heavy atom. The number of hydrogen-bond acceptors (Lipinski definition) is 1. The summed E-state index contributed by atoms with van der Waals surface area (Å²) in [6.45, 7) is 4.18. The Balaban J connectivity index is 2.34. The molecule has 1 amide bonds. The first kappa shape index (κ1) is 12.9. The molecule has 1 aliphatic heterocycles. The number of benzene rings is 2. The van der Waals surface area contributed by atoms with Gasteiger partial charge in [0, 0.05) is 12.7 Å². The van der Waals surface area contributed by atoms with Crippen molar-refractivity contribution in [3.05, 3.63) is 65.2 Å². The average Bonchev–Trinajstić information content (AvgIpc) is 2.70. The Morgan fingerprint density at radius 2 is 1.60 bits per heavy atom. The zero-order chi connectivity index (χ0) is 14.3. The summed E-state index contributed by atoms with van der Waals surface area (Å²) in [7, 11) is 1.87. The molecule has 0 N–H and O–H groups in total. The monoisotopic (exact) mass is 265 g/mol. The first-order valence-electron chi connectivity index (χ1n) is 7.06. The minimum Gasteiger partial charge on any atom is -0.314 e. The zero-order valence-corrected chi connectivity index (χ0v) is 12.2. The molecular formula is C18H19NO. The van der Waals surface area contributed by atoms with Crippen molar-refractivity contribution in [3.8, 4) is 0 Å². The molecule has 0 bridgehead atoms. The Hall–Kier alpha value is -2.09. The largest absolute Gasteiger partial charge is 0.314 e. The standard InChI is InChI=1S/C18H19NO/c1-4-18(14-10-6-5-9-13(14)2)15-11-7-8-12-16(15)19(3)17(18)20/h5-12H,4H2,1-3H3/t18-/m1/s1. The van der Waals surface area contributed by atoms with Crippen molar-refractivity contribution in [2.24, 2.45) is 0 Å². The third-order valence-corrected chi connectivity index (χ3v) is 4.53. The maximum Gasteiger partial charge on any atom is 0.241 e. The SMILES string of the molecule is CC[C@]1(c2ccccc2C)C(=O)N(C)c2ccccc21. The molecule has 0 saturated carbocycles. The fraction of sp³-hybridized carbons (Fsp3) is 0.278. The van der Waals surface area contributed by atoms with Crippen molar-refractivity contribution < 1.29 is 4.79 Å². The first-order valence-corrected chi connectivity index (χ1v) is 7.06. The van der Waals surface area contributed by atoms with Gasteiger partial charge in [0.1, 0.15) is 5.41 Å². The molecule has 0 aromatic heterocycles. The van der Waals surface area contributed by atoms with Gasteiger partial charge in [0.25, 0.3) is 0 Å². The number of likely N-dealkylation sites (N-methyl/N-ethyl adjacent to an activating group) is 1. The van der Waals surface area contributed by atoms with Crippen LogP contribution in [0.5, 0.6) is 0 Å². The lowest BCUT2D eigenvalue weighted by atomic mass is 9.72. The van der Waals surface area contributed by atoms with Crippen LogP contribution in [0.25, 0.3) is 0 Å². The summed E-state index contributed by atoms with van der Waals surface area (Å²) in [4.78, 5) is 14.8. The predicted molar refractivity (Wildman–Crippen MR) is 82.1 cm³/mol. The second-order valence-corrected chi connectivity index (χ2v) is 5.46. The van der Waals surface area contributed by atoms with Crippen LogP contribution >= 0.6 is 0 Å². The fourth-order valence-electron chi connectivity index (χ4n) is 3.48. The van der Waals surface area contributed by atoms with Gasteiger partial charge in [0.2, 0.25) is 5.91 Å². The number of hydrogen-bond donors (Lipinski definition) is 0. The summed E-state index contributed by atoms with van der Waals surface area (Å²) >= 11 is 0. The summed E-state index contributed by atoms with van der Waals surface area (Å²) < 4.78 is 0. The molecule has 1 aliphatic rings. The molecule has 1 heterocycles. The number of para-hydroxylation sites is 1. The lowest BCUT2D eigenvalue weighted by molar-refractivity contribution is -0.121. The van der Waals surface area contributed by atoms with Crippen LogP contribution in [0.2, 0.25) is 0 Å². The highest BCUT2D eigenvalue weighted by atomic mass is 16.2. The Kier molecular flexibility index (Phi) is 2.89. The number of aryl methyl sites for hydroxylation is 1. The van der Waals surface area contributed by atoms with Crippen LogP contribution in [0.3, 0.4) is 0 Å². The van der Waals surface area contributed by atoms with E-state index in [1.807, 2.05) is 37.4 Å². The van der Waals surface area contributed by atoms with Crippen molar-refractivity contribution in [3.63, 3.8) is 0 Å². The molecule has 20 heavy (non-hydrogen) atoms. The van der Waals surface area contributed by atoms with E-state index in [0.29, 0.717) is 0 Å². The van der Waals surface area contributed by atoms with E-state index in [-0.39, 0.29) is 5.91 Å². The van der Waals surface area contributed by atoms with Gasteiger partial charge < -0.3 is 4.90 Å². The van der Waals surface area contributed by atoms with Crippen LogP contribution in [0.4, 0.5) is 5.69 Å². The van der Waals surface area contributed by atoms with E-state index < -0.39 is 5.41 Å². The van der Waals surface area contributed by atoms with E-state index in [1.165, 1.54) is 5.56 Å². The summed E-state index contributed by atoms with van der Waals surface area (Å²) in [6.07, 6.45) is 0.776. The van der Waals surface area contributed by atoms with E-state index in [9.17, 15) is 4.79 Å². The molecule has 2 aromatic rings. The highest BCUT2D eigenvalue weighted by molar-refractivity contribution is 6.10. The minimum absolute atomic E-state index is 0.176. The van der Waals surface area contributed by atoms with E-state index in [0.717, 1.165) is 23.2 Å². The van der Waals surface area contributed by atoms with Gasteiger partial charge >= 0.3 is 0 Å². The van der Waals surface area contributed by atoms with Crippen LogP contribution in [-0.2, 0) is 10.2 Å². The zero-order valence-electron chi connectivity index (χ0n) is 12.2. The molecule has 2 nitrogen and oxygen atoms in total. The number of anilines is 1. The molecule has 0 fully saturated rings. The highest BCUT2D eigenvalue weighted by Gasteiger charge is 2.49. The maximum atomic E-state index is 13.0. The first-order chi connectivity index (χ1) is 9.63. The smallest absolute Gasteiger partial charge is 0.241 e. The van der Waals surface area contributed by atoms with Crippen molar-refractivity contribution in [1.29, 1.82) is 0 Å². The van der Waals surface area contributed by atoms with Gasteiger partial charge in [-0.2, -0.15) is 0 Å². The lowest BCUT2D eigenvalue weighted by Crippen LogP contribution is -2.39. The lowest BCUT2D eigenvalue weighted by Gasteiger charge is -2.29. The molecule has 0 unspecified atom stereocenters. The van der Waals surface area contributed by atoms with Gasteiger partial charge in [-0.15, -0.1) is 0 Å². The van der Waals surface area contributed by atoms with Gasteiger partial charge in [-0.25, -0.2) is 0 Å². The van der Waals surface area contributed by atoms with Gasteiger partial charge in [-0.1, -0.05) is 49.4 Å². The Labute approximate surface area is 120 Å². The molecule has 3 rings (SSSR count). The molecule has 2 aromatic carbocycles. The van der Waals surface area contributed by atoms with Gasteiger partial charge in [0.15, 0.2) is 0 Å². The van der Waals surface area contributed by atoms with Gasteiger partial charge in [-0.05, 0) is 36.1 Å². The minimum atomic E-state index is -0.531. The van der Waals surface area contributed by atoms with Crippen molar-refractivity contribution in [2.45, 2.75) is 25.7 Å². The normalized spacial score (nSPS) is 21.1. The summed E-state index contributed by atoms with van der Waals surface area (Å²) in [5, 5.41) is 0. The Bertz CT molecular complexity index is 677. The van der Waals surface area contributed by atoms with E-state index in [2.05, 4.69) is 32.0 Å². The summed E-state index contributed by atoms with van der Waals surface area (Å²) in [5.74, 6) is 0.176. The van der Waals surface area contributed by atoms with Crippen molar-refractivity contribution in [1.82, 2.24) is 0 Å². The maximum absolute atomic E-state index is 13.0. The van der Waals surface area contributed by atoms with Crippen LogP contribution < -0.4 is 4.90 Å². The molecule has 1 atom stereocenters. The fourth-order valence-corrected chi connectivity index (χ4v) is 3.48. The highest BCUT2D eigenvalue weighted by Crippen LogP contribution is 2.48. The summed E-state index contributed by atoms with van der Waals surface area (Å²) in [5.41, 5.74) is 3.93. The number of nitrogens with zero attached hydrogens (tertiary/aromatic N) is 1. The average molecular weight is 265 g/mol. The van der Waals surface area contributed by atoms with Gasteiger partial charge in [-0.3, -0.25) is 4.79 Å². The van der Waals surface area contributed by atoms with E-state index in [4.69, 9.17) is 0 Å². The molecule has 0 saturated heterocycles. The topological polar surface area (TPSA) is 20.3 Å². The second kappa shape index (κ2) is 4.48. The third kappa shape index (κ3) is 1.48. The summed E-state index contributed by atoms with van der Waals surface area (Å²) in [6, 6.07) is 16.4. The molecule has 0 aliphatic carbocycles. The van der Waals surface area contributed by atoms with Crippen molar-refractivity contribution >= 4 is 11.6 Å². The van der Waals surface area contributed by atoms with Crippen molar-refractivity contribution in [2.75, 3.05) is 11.9 Å². The van der Waals surface area contributed by atoms with Crippen LogP contribution in [-0.4, -0.2) is 13.0 Å². The quantitative estimate of drug-likeness (QED) is 0.811. The molecule has 0 radical (unpaired) electrons. The van der Waals surface area contributed by atoms with Crippen LogP contribution in [0.15, 0.2) is 48.5 Å². The molecule has 0 spiro atoms. The van der Waals surface area contributed by atoms with Crippen LogP contribution in [0.1, 0.15) is 30.0 Å². The van der Waals surface area contributed by atoms with Gasteiger partial charge in [0.05, 0.1) is 0 Å². The van der Waals surface area contributed by atoms with Crippen LogP contribution in [0, 0.1) is 6.92 Å². The Morgan fingerprint density at radius 3 is 2.25 bits per heavy atom.